The van der Waals surface area contributed by atoms with Crippen molar-refractivity contribution >= 4 is 35.5 Å². The highest BCUT2D eigenvalue weighted by molar-refractivity contribution is 6.30. The third-order valence-electron chi connectivity index (χ3n) is 3.75. The summed E-state index contributed by atoms with van der Waals surface area (Å²) in [5.41, 5.74) is 1.21. The Labute approximate surface area is 161 Å². The van der Waals surface area contributed by atoms with E-state index in [-0.39, 0.29) is 29.4 Å². The highest BCUT2D eigenvalue weighted by Crippen LogP contribution is 2.22. The van der Waals surface area contributed by atoms with Gasteiger partial charge in [0.15, 0.2) is 11.5 Å². The minimum Gasteiger partial charge on any atom is -0.461 e. The molecule has 0 unspecified atom stereocenters. The molecule has 136 valence electrons. The lowest BCUT2D eigenvalue weighted by Crippen LogP contribution is -2.12. The van der Waals surface area contributed by atoms with Crippen molar-refractivity contribution in [3.8, 4) is 0 Å². The van der Waals surface area contributed by atoms with Crippen molar-refractivity contribution in [3.05, 3.63) is 87.8 Å². The van der Waals surface area contributed by atoms with Crippen molar-refractivity contribution in [2.24, 2.45) is 0 Å². The number of hydrogen-bond donors (Lipinski definition) is 0. The summed E-state index contributed by atoms with van der Waals surface area (Å²) in [4.78, 5) is 25.1. The first kappa shape index (κ1) is 18.6. The van der Waals surface area contributed by atoms with Gasteiger partial charge in [-0.05, 0) is 30.7 Å². The van der Waals surface area contributed by atoms with Gasteiger partial charge in [-0.15, -0.1) is 0 Å². The molecule has 6 heteroatoms. The monoisotopic (exact) mass is 381 g/mol. The number of carbonyl (C=O) groups is 2. The van der Waals surface area contributed by atoms with E-state index in [4.69, 9.17) is 20.9 Å². The molecule has 3 aromatic rings. The smallest absolute Gasteiger partial charge is 0.361 e. The van der Waals surface area contributed by atoms with Gasteiger partial charge in [0.2, 0.25) is 5.69 Å². The zero-order valence-corrected chi connectivity index (χ0v) is 15.3. The van der Waals surface area contributed by atoms with Crippen molar-refractivity contribution in [2.75, 3.05) is 6.61 Å². The molecule has 5 nitrogen and oxygen atoms in total. The van der Waals surface area contributed by atoms with Crippen molar-refractivity contribution in [2.45, 2.75) is 6.92 Å². The molecule has 0 radical (unpaired) electrons. The van der Waals surface area contributed by atoms with Gasteiger partial charge >= 0.3 is 5.97 Å². The standard InChI is InChI=1S/C21H16ClNO4/c1-2-26-21(25)19-18(20(24)15-6-4-3-5-7-15)17(27-23-19)13-10-14-8-11-16(22)12-9-14/h3-13H,2H2,1H3/b13-10+. The molecule has 0 spiro atoms. The molecule has 0 saturated heterocycles. The fourth-order valence-corrected chi connectivity index (χ4v) is 2.58. The molecule has 1 heterocycles. The van der Waals surface area contributed by atoms with E-state index in [1.165, 1.54) is 0 Å². The van der Waals surface area contributed by atoms with Gasteiger partial charge in [-0.2, -0.15) is 0 Å². The Hall–Kier alpha value is -3.18. The number of ether oxygens (including phenoxy) is 1. The minimum atomic E-state index is -0.702. The van der Waals surface area contributed by atoms with E-state index in [1.54, 1.807) is 61.5 Å². The van der Waals surface area contributed by atoms with Crippen LogP contribution in [-0.2, 0) is 4.74 Å². The molecular weight excluding hydrogens is 366 g/mol. The predicted molar refractivity (Wildman–Crippen MR) is 103 cm³/mol. The van der Waals surface area contributed by atoms with Gasteiger partial charge in [-0.3, -0.25) is 4.79 Å². The largest absolute Gasteiger partial charge is 0.461 e. The predicted octanol–water partition coefficient (Wildman–Crippen LogP) is 4.91. The summed E-state index contributed by atoms with van der Waals surface area (Å²) in [5, 5.41) is 4.39. The van der Waals surface area contributed by atoms with Gasteiger partial charge < -0.3 is 9.26 Å². The molecule has 0 N–H and O–H groups in total. The first-order valence-electron chi connectivity index (χ1n) is 8.30. The summed E-state index contributed by atoms with van der Waals surface area (Å²) >= 11 is 5.88. The Morgan fingerprint density at radius 3 is 2.44 bits per heavy atom. The topological polar surface area (TPSA) is 69.4 Å². The number of halogens is 1. The van der Waals surface area contributed by atoms with E-state index in [9.17, 15) is 9.59 Å². The van der Waals surface area contributed by atoms with Gasteiger partial charge in [0.05, 0.1) is 6.61 Å². The normalized spacial score (nSPS) is 10.9. The zero-order valence-electron chi connectivity index (χ0n) is 14.5. The summed E-state index contributed by atoms with van der Waals surface area (Å²) in [7, 11) is 0. The van der Waals surface area contributed by atoms with Crippen molar-refractivity contribution in [3.63, 3.8) is 0 Å². The Morgan fingerprint density at radius 2 is 1.78 bits per heavy atom. The van der Waals surface area contributed by atoms with Crippen molar-refractivity contribution in [1.29, 1.82) is 0 Å². The summed E-state index contributed by atoms with van der Waals surface area (Å²) in [6, 6.07) is 15.8. The van der Waals surface area contributed by atoms with Gasteiger partial charge in [0, 0.05) is 10.6 Å². The number of carbonyl (C=O) groups excluding carboxylic acids is 2. The highest BCUT2D eigenvalue weighted by Gasteiger charge is 2.28. The average molecular weight is 382 g/mol. The van der Waals surface area contributed by atoms with Crippen LogP contribution in [0.1, 0.15) is 44.7 Å². The first-order valence-corrected chi connectivity index (χ1v) is 8.68. The fraction of sp³-hybridized carbons (Fsp3) is 0.0952. The molecule has 27 heavy (non-hydrogen) atoms. The quantitative estimate of drug-likeness (QED) is 0.448. The lowest BCUT2D eigenvalue weighted by atomic mass is 10.0. The van der Waals surface area contributed by atoms with E-state index < -0.39 is 5.97 Å². The van der Waals surface area contributed by atoms with E-state index in [0.29, 0.717) is 10.6 Å². The maximum atomic E-state index is 13.0. The zero-order chi connectivity index (χ0) is 19.2. The molecule has 0 saturated carbocycles. The number of ketones is 1. The van der Waals surface area contributed by atoms with Gasteiger partial charge in [0.1, 0.15) is 5.56 Å². The van der Waals surface area contributed by atoms with Crippen LogP contribution in [0.25, 0.3) is 12.2 Å². The molecule has 0 aliphatic heterocycles. The number of rotatable bonds is 6. The van der Waals surface area contributed by atoms with E-state index in [1.807, 2.05) is 12.1 Å². The summed E-state index contributed by atoms with van der Waals surface area (Å²) in [6.45, 7) is 1.85. The Morgan fingerprint density at radius 1 is 1.07 bits per heavy atom. The molecule has 0 bridgehead atoms. The van der Waals surface area contributed by atoms with Crippen molar-refractivity contribution in [1.82, 2.24) is 5.16 Å². The van der Waals surface area contributed by atoms with Crippen LogP contribution in [0.5, 0.6) is 0 Å². The van der Waals surface area contributed by atoms with Crippen molar-refractivity contribution < 1.29 is 18.8 Å². The molecular formula is C21H16ClNO4. The van der Waals surface area contributed by atoms with Crippen LogP contribution in [0.15, 0.2) is 59.1 Å². The maximum Gasteiger partial charge on any atom is 0.361 e. The number of nitrogens with zero attached hydrogens (tertiary/aromatic N) is 1. The van der Waals surface area contributed by atoms with E-state index >= 15 is 0 Å². The molecule has 0 fully saturated rings. The molecule has 0 aliphatic rings. The SMILES string of the molecule is CCOC(=O)c1noc(/C=C/c2ccc(Cl)cc2)c1C(=O)c1ccccc1. The number of benzene rings is 2. The summed E-state index contributed by atoms with van der Waals surface area (Å²) in [5.74, 6) is -0.885. The van der Waals surface area contributed by atoms with Crippen LogP contribution >= 0.6 is 11.6 Å². The number of esters is 1. The Bertz CT molecular complexity index is 975. The molecule has 0 aliphatic carbocycles. The fourth-order valence-electron chi connectivity index (χ4n) is 2.45. The van der Waals surface area contributed by atoms with Gasteiger partial charge in [-0.25, -0.2) is 4.79 Å². The third kappa shape index (κ3) is 4.33. The van der Waals surface area contributed by atoms with Gasteiger partial charge in [-0.1, -0.05) is 65.3 Å². The Balaban J connectivity index is 2.02. The molecule has 0 atom stereocenters. The first-order chi connectivity index (χ1) is 13.1. The van der Waals surface area contributed by atoms with E-state index in [2.05, 4.69) is 5.16 Å². The molecule has 1 aromatic heterocycles. The van der Waals surface area contributed by atoms with Crippen LogP contribution < -0.4 is 0 Å². The second kappa shape index (κ2) is 8.47. The third-order valence-corrected chi connectivity index (χ3v) is 4.00. The number of hydrogen-bond acceptors (Lipinski definition) is 5. The Kier molecular flexibility index (Phi) is 5.84. The summed E-state index contributed by atoms with van der Waals surface area (Å²) in [6.07, 6.45) is 3.34. The summed E-state index contributed by atoms with van der Waals surface area (Å²) < 4.78 is 10.3. The number of aromatic nitrogens is 1. The molecule has 2 aromatic carbocycles. The second-order valence-corrected chi connectivity index (χ2v) is 6.01. The second-order valence-electron chi connectivity index (χ2n) is 5.57. The molecule has 3 rings (SSSR count). The van der Waals surface area contributed by atoms with Crippen LogP contribution in [0, 0.1) is 0 Å². The lowest BCUT2D eigenvalue weighted by molar-refractivity contribution is 0.0512. The van der Waals surface area contributed by atoms with Gasteiger partial charge in [0.25, 0.3) is 0 Å². The maximum absolute atomic E-state index is 13.0. The van der Waals surface area contributed by atoms with Crippen LogP contribution in [-0.4, -0.2) is 23.5 Å². The average Bonchev–Trinajstić information content (AvgIpc) is 3.12. The highest BCUT2D eigenvalue weighted by atomic mass is 35.5. The van der Waals surface area contributed by atoms with Crippen LogP contribution in [0.4, 0.5) is 0 Å². The van der Waals surface area contributed by atoms with Crippen LogP contribution in [0.3, 0.4) is 0 Å². The van der Waals surface area contributed by atoms with E-state index in [0.717, 1.165) is 5.56 Å². The minimum absolute atomic E-state index is 0.0739. The lowest BCUT2D eigenvalue weighted by Gasteiger charge is -2.02. The van der Waals surface area contributed by atoms with Crippen LogP contribution in [0.2, 0.25) is 5.02 Å². The molecule has 0 amide bonds.